The van der Waals surface area contributed by atoms with E-state index in [0.717, 1.165) is 32.7 Å². The van der Waals surface area contributed by atoms with Crippen LogP contribution in [-0.4, -0.2) is 46.9 Å². The number of anilines is 1. The summed E-state index contributed by atoms with van der Waals surface area (Å²) in [6, 6.07) is 15.6. The number of nitrogen functional groups attached to an aromatic ring is 1. The van der Waals surface area contributed by atoms with Gasteiger partial charge in [0, 0.05) is 32.7 Å². The van der Waals surface area contributed by atoms with Crippen LogP contribution < -0.4 is 5.73 Å². The Morgan fingerprint density at radius 2 is 1.73 bits per heavy atom. The fourth-order valence-electron chi connectivity index (χ4n) is 2.68. The van der Waals surface area contributed by atoms with Gasteiger partial charge in [0.15, 0.2) is 0 Å². The second-order valence-corrected chi connectivity index (χ2v) is 5.50. The quantitative estimate of drug-likeness (QED) is 0.935. The third kappa shape index (κ3) is 3.43. The normalized spacial score (nSPS) is 15.7. The predicted octanol–water partition coefficient (Wildman–Crippen LogP) is 1.62. The lowest BCUT2D eigenvalue weighted by molar-refractivity contribution is 0.0623. The van der Waals surface area contributed by atoms with E-state index in [2.05, 4.69) is 34.1 Å². The van der Waals surface area contributed by atoms with Crippen molar-refractivity contribution in [2.75, 3.05) is 31.9 Å². The van der Waals surface area contributed by atoms with Crippen LogP contribution in [0.2, 0.25) is 0 Å². The summed E-state index contributed by atoms with van der Waals surface area (Å²) >= 11 is 0. The summed E-state index contributed by atoms with van der Waals surface area (Å²) in [6.45, 7) is 4.13. The first-order chi connectivity index (χ1) is 10.7. The summed E-state index contributed by atoms with van der Waals surface area (Å²) in [6.07, 6.45) is 0. The molecule has 0 bridgehead atoms. The van der Waals surface area contributed by atoms with E-state index in [1.54, 1.807) is 18.2 Å². The maximum Gasteiger partial charge on any atom is 0.272 e. The molecule has 2 N–H and O–H groups in total. The molecule has 3 rings (SSSR count). The minimum atomic E-state index is -0.0355. The number of amides is 1. The second-order valence-electron chi connectivity index (χ2n) is 5.50. The number of aromatic nitrogens is 1. The Kier molecular flexibility index (Phi) is 4.34. The Hall–Kier alpha value is -2.40. The van der Waals surface area contributed by atoms with Crippen molar-refractivity contribution in [3.8, 4) is 0 Å². The SMILES string of the molecule is Nc1cccc(C(=O)N2CCN(Cc3ccccc3)CC2)n1. The van der Waals surface area contributed by atoms with E-state index in [4.69, 9.17) is 5.73 Å². The van der Waals surface area contributed by atoms with Crippen LogP contribution in [0.3, 0.4) is 0 Å². The number of piperazine rings is 1. The van der Waals surface area contributed by atoms with Crippen LogP contribution in [0.25, 0.3) is 0 Å². The second kappa shape index (κ2) is 6.58. The van der Waals surface area contributed by atoms with Gasteiger partial charge in [0.1, 0.15) is 11.5 Å². The van der Waals surface area contributed by atoms with E-state index >= 15 is 0 Å². The summed E-state index contributed by atoms with van der Waals surface area (Å²) in [5.41, 5.74) is 7.38. The largest absolute Gasteiger partial charge is 0.384 e. The molecule has 2 heterocycles. The van der Waals surface area contributed by atoms with Gasteiger partial charge in [-0.05, 0) is 17.7 Å². The van der Waals surface area contributed by atoms with Gasteiger partial charge in [-0.3, -0.25) is 9.69 Å². The zero-order valence-corrected chi connectivity index (χ0v) is 12.5. The maximum absolute atomic E-state index is 12.4. The summed E-state index contributed by atoms with van der Waals surface area (Å²) in [4.78, 5) is 20.7. The average Bonchev–Trinajstić information content (AvgIpc) is 2.56. The third-order valence-electron chi connectivity index (χ3n) is 3.90. The fraction of sp³-hybridized carbons (Fsp3) is 0.294. The Morgan fingerprint density at radius 3 is 2.41 bits per heavy atom. The van der Waals surface area contributed by atoms with Gasteiger partial charge in [0.05, 0.1) is 0 Å². The standard InChI is InChI=1S/C17H20N4O/c18-16-8-4-7-15(19-16)17(22)21-11-9-20(10-12-21)13-14-5-2-1-3-6-14/h1-8H,9-13H2,(H2,18,19). The highest BCUT2D eigenvalue weighted by Crippen LogP contribution is 2.11. The summed E-state index contributed by atoms with van der Waals surface area (Å²) in [5.74, 6) is 0.347. The van der Waals surface area contributed by atoms with E-state index in [-0.39, 0.29) is 5.91 Å². The molecule has 1 aromatic heterocycles. The molecule has 0 unspecified atom stereocenters. The number of pyridine rings is 1. The number of nitrogens with two attached hydrogens (primary N) is 1. The molecule has 5 heteroatoms. The van der Waals surface area contributed by atoms with E-state index in [1.165, 1.54) is 5.56 Å². The average molecular weight is 296 g/mol. The number of hydrogen-bond donors (Lipinski definition) is 1. The molecule has 0 aliphatic carbocycles. The number of rotatable bonds is 3. The van der Waals surface area contributed by atoms with Crippen molar-refractivity contribution in [2.45, 2.75) is 6.54 Å². The van der Waals surface area contributed by atoms with Gasteiger partial charge >= 0.3 is 0 Å². The number of hydrogen-bond acceptors (Lipinski definition) is 4. The number of carbonyl (C=O) groups excluding carboxylic acids is 1. The van der Waals surface area contributed by atoms with Gasteiger partial charge in [-0.25, -0.2) is 4.98 Å². The van der Waals surface area contributed by atoms with Crippen LogP contribution in [0.5, 0.6) is 0 Å². The number of carbonyl (C=O) groups is 1. The molecule has 1 aliphatic rings. The van der Waals surface area contributed by atoms with E-state index in [9.17, 15) is 4.79 Å². The summed E-state index contributed by atoms with van der Waals surface area (Å²) < 4.78 is 0. The van der Waals surface area contributed by atoms with Gasteiger partial charge < -0.3 is 10.6 Å². The minimum Gasteiger partial charge on any atom is -0.384 e. The highest BCUT2D eigenvalue weighted by molar-refractivity contribution is 5.92. The summed E-state index contributed by atoms with van der Waals surface area (Å²) in [5, 5.41) is 0. The molecule has 5 nitrogen and oxygen atoms in total. The van der Waals surface area contributed by atoms with Crippen LogP contribution in [-0.2, 0) is 6.54 Å². The molecular formula is C17H20N4O. The first kappa shape index (κ1) is 14.5. The molecule has 1 aliphatic heterocycles. The highest BCUT2D eigenvalue weighted by atomic mass is 16.2. The Morgan fingerprint density at radius 1 is 1.00 bits per heavy atom. The Bertz CT molecular complexity index is 636. The molecule has 0 saturated carbocycles. The molecule has 0 spiro atoms. The minimum absolute atomic E-state index is 0.0355. The van der Waals surface area contributed by atoms with Crippen molar-refractivity contribution in [1.82, 2.24) is 14.8 Å². The molecule has 1 amide bonds. The lowest BCUT2D eigenvalue weighted by Crippen LogP contribution is -2.48. The monoisotopic (exact) mass is 296 g/mol. The van der Waals surface area contributed by atoms with Crippen molar-refractivity contribution >= 4 is 11.7 Å². The van der Waals surface area contributed by atoms with E-state index in [0.29, 0.717) is 11.5 Å². The molecular weight excluding hydrogens is 276 g/mol. The molecule has 2 aromatic rings. The van der Waals surface area contributed by atoms with Crippen LogP contribution in [0.4, 0.5) is 5.82 Å². The van der Waals surface area contributed by atoms with Crippen LogP contribution >= 0.6 is 0 Å². The topological polar surface area (TPSA) is 62.5 Å². The summed E-state index contributed by atoms with van der Waals surface area (Å²) in [7, 11) is 0. The zero-order valence-electron chi connectivity index (χ0n) is 12.5. The molecule has 0 atom stereocenters. The van der Waals surface area contributed by atoms with Crippen LogP contribution in [0.1, 0.15) is 16.1 Å². The number of benzene rings is 1. The maximum atomic E-state index is 12.4. The smallest absolute Gasteiger partial charge is 0.272 e. The van der Waals surface area contributed by atoms with Crippen molar-refractivity contribution in [3.05, 3.63) is 59.8 Å². The highest BCUT2D eigenvalue weighted by Gasteiger charge is 2.22. The number of nitrogens with zero attached hydrogens (tertiary/aromatic N) is 3. The third-order valence-corrected chi connectivity index (χ3v) is 3.90. The molecule has 1 fully saturated rings. The lowest BCUT2D eigenvalue weighted by Gasteiger charge is -2.34. The Labute approximate surface area is 130 Å². The Balaban J connectivity index is 1.56. The zero-order chi connectivity index (χ0) is 15.4. The van der Waals surface area contributed by atoms with E-state index < -0.39 is 0 Å². The molecule has 0 radical (unpaired) electrons. The van der Waals surface area contributed by atoms with E-state index in [1.807, 2.05) is 11.0 Å². The predicted molar refractivity (Wildman–Crippen MR) is 86.3 cm³/mol. The van der Waals surface area contributed by atoms with Crippen molar-refractivity contribution in [3.63, 3.8) is 0 Å². The van der Waals surface area contributed by atoms with Crippen LogP contribution in [0.15, 0.2) is 48.5 Å². The van der Waals surface area contributed by atoms with Gasteiger partial charge in [-0.2, -0.15) is 0 Å². The van der Waals surface area contributed by atoms with Gasteiger partial charge in [0.25, 0.3) is 5.91 Å². The van der Waals surface area contributed by atoms with Gasteiger partial charge in [-0.15, -0.1) is 0 Å². The van der Waals surface area contributed by atoms with Crippen LogP contribution in [0, 0.1) is 0 Å². The fourth-order valence-corrected chi connectivity index (χ4v) is 2.68. The lowest BCUT2D eigenvalue weighted by atomic mass is 10.2. The van der Waals surface area contributed by atoms with Crippen molar-refractivity contribution in [1.29, 1.82) is 0 Å². The van der Waals surface area contributed by atoms with Crippen molar-refractivity contribution in [2.24, 2.45) is 0 Å². The first-order valence-corrected chi connectivity index (χ1v) is 7.50. The van der Waals surface area contributed by atoms with Gasteiger partial charge in [-0.1, -0.05) is 36.4 Å². The molecule has 1 saturated heterocycles. The van der Waals surface area contributed by atoms with Crippen molar-refractivity contribution < 1.29 is 4.79 Å². The van der Waals surface area contributed by atoms with Gasteiger partial charge in [0.2, 0.25) is 0 Å². The molecule has 22 heavy (non-hydrogen) atoms. The first-order valence-electron chi connectivity index (χ1n) is 7.50. The molecule has 114 valence electrons. The molecule has 1 aromatic carbocycles.